The largest absolute Gasteiger partial charge is 0.360 e. The van der Waals surface area contributed by atoms with Crippen molar-refractivity contribution in [2.45, 2.75) is 52.4 Å². The fourth-order valence-corrected chi connectivity index (χ4v) is 1.99. The number of nitrogens with zero attached hydrogens (tertiary/aromatic N) is 1. The van der Waals surface area contributed by atoms with E-state index < -0.39 is 0 Å². The van der Waals surface area contributed by atoms with Gasteiger partial charge >= 0.3 is 0 Å². The minimum Gasteiger partial charge on any atom is -0.360 e. The molecule has 0 aliphatic carbocycles. The summed E-state index contributed by atoms with van der Waals surface area (Å²) < 4.78 is 0. The summed E-state index contributed by atoms with van der Waals surface area (Å²) in [4.78, 5) is 8.20. The van der Waals surface area contributed by atoms with Crippen molar-refractivity contribution >= 4 is 10.9 Å². The average molecular weight is 230 g/mol. The number of hydrogen-bond acceptors (Lipinski definition) is 1. The molecule has 0 bridgehead atoms. The molecular weight excluding hydrogens is 208 g/mol. The highest BCUT2D eigenvalue weighted by atomic mass is 14.8. The van der Waals surface area contributed by atoms with Gasteiger partial charge in [0.25, 0.3) is 0 Å². The van der Waals surface area contributed by atoms with Crippen molar-refractivity contribution in [2.24, 2.45) is 0 Å². The quantitative estimate of drug-likeness (QED) is 0.723. The van der Waals surface area contributed by atoms with Crippen LogP contribution in [-0.2, 0) is 10.8 Å². The number of nitrogens with one attached hydrogen (secondary N) is 1. The fraction of sp³-hybridized carbons (Fsp3) is 0.533. The van der Waals surface area contributed by atoms with E-state index >= 15 is 0 Å². The van der Waals surface area contributed by atoms with Crippen LogP contribution in [0, 0.1) is 0 Å². The van der Waals surface area contributed by atoms with Crippen molar-refractivity contribution in [3.8, 4) is 0 Å². The van der Waals surface area contributed by atoms with Gasteiger partial charge in [0.1, 0.15) is 0 Å². The second kappa shape index (κ2) is 3.59. The number of rotatable bonds is 0. The van der Waals surface area contributed by atoms with Gasteiger partial charge in [0, 0.05) is 28.1 Å². The van der Waals surface area contributed by atoms with E-state index in [1.54, 1.807) is 0 Å². The summed E-state index contributed by atoms with van der Waals surface area (Å²) in [5, 5.41) is 1.26. The van der Waals surface area contributed by atoms with Crippen molar-refractivity contribution in [2.75, 3.05) is 0 Å². The molecule has 0 atom stereocenters. The first-order valence-corrected chi connectivity index (χ1v) is 6.19. The molecule has 2 heterocycles. The number of aromatic nitrogens is 2. The number of hydrogen-bond donors (Lipinski definition) is 1. The summed E-state index contributed by atoms with van der Waals surface area (Å²) in [7, 11) is 0. The molecule has 0 amide bonds. The second-order valence-electron chi connectivity index (χ2n) is 6.80. The van der Waals surface area contributed by atoms with Gasteiger partial charge in [-0.25, -0.2) is 0 Å². The molecule has 2 aromatic rings. The van der Waals surface area contributed by atoms with Crippen molar-refractivity contribution in [1.82, 2.24) is 9.97 Å². The highest BCUT2D eigenvalue weighted by molar-refractivity contribution is 5.82. The van der Waals surface area contributed by atoms with Crippen LogP contribution >= 0.6 is 0 Å². The van der Waals surface area contributed by atoms with E-state index in [9.17, 15) is 0 Å². The zero-order valence-electron chi connectivity index (χ0n) is 11.7. The van der Waals surface area contributed by atoms with Crippen LogP contribution in [0.15, 0.2) is 18.3 Å². The molecule has 2 nitrogen and oxygen atoms in total. The van der Waals surface area contributed by atoms with E-state index in [-0.39, 0.29) is 10.8 Å². The van der Waals surface area contributed by atoms with Gasteiger partial charge in [-0.3, -0.25) is 4.98 Å². The Bertz CT molecular complexity index is 536. The van der Waals surface area contributed by atoms with E-state index in [1.165, 1.54) is 10.9 Å². The number of fused-ring (bicyclic) bond motifs is 1. The molecule has 0 unspecified atom stereocenters. The Morgan fingerprint density at radius 1 is 1.00 bits per heavy atom. The third kappa shape index (κ3) is 2.21. The normalized spacial score (nSPS) is 13.3. The Hall–Kier alpha value is -1.31. The van der Waals surface area contributed by atoms with Gasteiger partial charge in [0.05, 0.1) is 11.2 Å². The van der Waals surface area contributed by atoms with Gasteiger partial charge in [0.15, 0.2) is 0 Å². The van der Waals surface area contributed by atoms with Crippen LogP contribution in [0.25, 0.3) is 10.9 Å². The molecule has 17 heavy (non-hydrogen) atoms. The monoisotopic (exact) mass is 230 g/mol. The molecule has 0 fully saturated rings. The van der Waals surface area contributed by atoms with Crippen LogP contribution < -0.4 is 0 Å². The van der Waals surface area contributed by atoms with Gasteiger partial charge in [-0.1, -0.05) is 41.5 Å². The number of aromatic amines is 1. The Morgan fingerprint density at radius 2 is 1.65 bits per heavy atom. The Morgan fingerprint density at radius 3 is 2.18 bits per heavy atom. The molecule has 0 spiro atoms. The summed E-state index contributed by atoms with van der Waals surface area (Å²) in [5.41, 5.74) is 3.64. The minimum atomic E-state index is 0.0599. The average Bonchev–Trinajstić information content (AvgIpc) is 2.59. The molecule has 0 saturated carbocycles. The Labute approximate surface area is 103 Å². The van der Waals surface area contributed by atoms with E-state index in [0.717, 1.165) is 11.4 Å². The van der Waals surface area contributed by atoms with Crippen molar-refractivity contribution in [3.05, 3.63) is 29.7 Å². The Balaban J connectivity index is 2.76. The summed E-state index contributed by atoms with van der Waals surface area (Å²) >= 11 is 0. The van der Waals surface area contributed by atoms with Gasteiger partial charge in [0.2, 0.25) is 0 Å². The lowest BCUT2D eigenvalue weighted by atomic mass is 9.86. The number of pyridine rings is 1. The van der Waals surface area contributed by atoms with E-state index in [0.29, 0.717) is 0 Å². The SMILES string of the molecule is CC(C)(C)c1cc2cc[nH]c2c(C(C)(C)C)n1. The summed E-state index contributed by atoms with van der Waals surface area (Å²) in [6.45, 7) is 13.3. The van der Waals surface area contributed by atoms with Crippen molar-refractivity contribution in [3.63, 3.8) is 0 Å². The molecule has 2 heteroatoms. The van der Waals surface area contributed by atoms with Crippen LogP contribution in [0.4, 0.5) is 0 Å². The van der Waals surface area contributed by atoms with Crippen molar-refractivity contribution in [1.29, 1.82) is 0 Å². The molecule has 2 aromatic heterocycles. The van der Waals surface area contributed by atoms with Gasteiger partial charge < -0.3 is 4.98 Å². The topological polar surface area (TPSA) is 28.7 Å². The van der Waals surface area contributed by atoms with Crippen LogP contribution in [0.3, 0.4) is 0 Å². The third-order valence-electron chi connectivity index (χ3n) is 3.02. The maximum Gasteiger partial charge on any atom is 0.0701 e. The standard InChI is InChI=1S/C15H22N2/c1-14(2,3)11-9-10-7-8-16-12(10)13(17-11)15(4,5)6/h7-9,16H,1-6H3. The lowest BCUT2D eigenvalue weighted by molar-refractivity contribution is 0.535. The molecule has 2 rings (SSSR count). The van der Waals surface area contributed by atoms with E-state index in [2.05, 4.69) is 58.7 Å². The van der Waals surface area contributed by atoms with Gasteiger partial charge in [-0.05, 0) is 12.1 Å². The first kappa shape index (κ1) is 12.2. The lowest BCUT2D eigenvalue weighted by Crippen LogP contribution is -2.20. The zero-order valence-corrected chi connectivity index (χ0v) is 11.7. The predicted molar refractivity (Wildman–Crippen MR) is 73.5 cm³/mol. The molecule has 0 aliphatic heterocycles. The van der Waals surface area contributed by atoms with E-state index in [1.807, 2.05) is 6.20 Å². The fourth-order valence-electron chi connectivity index (χ4n) is 1.99. The summed E-state index contributed by atoms with van der Waals surface area (Å²) in [5.74, 6) is 0. The van der Waals surface area contributed by atoms with Crippen LogP contribution in [0.2, 0.25) is 0 Å². The summed E-state index contributed by atoms with van der Waals surface area (Å²) in [6.07, 6.45) is 1.99. The van der Waals surface area contributed by atoms with Gasteiger partial charge in [-0.2, -0.15) is 0 Å². The van der Waals surface area contributed by atoms with Crippen LogP contribution in [-0.4, -0.2) is 9.97 Å². The van der Waals surface area contributed by atoms with Crippen LogP contribution in [0.1, 0.15) is 52.9 Å². The van der Waals surface area contributed by atoms with Crippen molar-refractivity contribution < 1.29 is 0 Å². The maximum absolute atomic E-state index is 4.88. The molecule has 92 valence electrons. The first-order chi connectivity index (χ1) is 7.69. The maximum atomic E-state index is 4.88. The molecule has 1 N–H and O–H groups in total. The number of H-pyrrole nitrogens is 1. The van der Waals surface area contributed by atoms with E-state index in [4.69, 9.17) is 4.98 Å². The minimum absolute atomic E-state index is 0.0599. The zero-order chi connectivity index (χ0) is 12.8. The molecule has 0 radical (unpaired) electrons. The molecule has 0 aromatic carbocycles. The van der Waals surface area contributed by atoms with Gasteiger partial charge in [-0.15, -0.1) is 0 Å². The van der Waals surface area contributed by atoms with Crippen LogP contribution in [0.5, 0.6) is 0 Å². The lowest BCUT2D eigenvalue weighted by Gasteiger charge is -2.24. The highest BCUT2D eigenvalue weighted by Crippen LogP contribution is 2.31. The predicted octanol–water partition coefficient (Wildman–Crippen LogP) is 4.16. The molecule has 0 saturated heterocycles. The first-order valence-electron chi connectivity index (χ1n) is 6.19. The summed E-state index contributed by atoms with van der Waals surface area (Å²) in [6, 6.07) is 4.32. The Kier molecular flexibility index (Phi) is 2.57. The molecule has 0 aliphatic rings. The second-order valence-corrected chi connectivity index (χ2v) is 6.80. The highest BCUT2D eigenvalue weighted by Gasteiger charge is 2.24. The smallest absolute Gasteiger partial charge is 0.0701 e. The third-order valence-corrected chi connectivity index (χ3v) is 3.02. The molecular formula is C15H22N2.